The standard InChI is InChI=1S/C14H13F2N/c1-9(2)11-4-3-7-17-14(11)12-6-5-10(15)8-13(12)16/h3-9H,1-2H3. The SMILES string of the molecule is CC(C)c1cccnc1-c1ccc(F)cc1F. The number of nitrogens with zero attached hydrogens (tertiary/aromatic N) is 1. The van der Waals surface area contributed by atoms with Gasteiger partial charge in [0.15, 0.2) is 0 Å². The van der Waals surface area contributed by atoms with Crippen molar-refractivity contribution in [1.29, 1.82) is 0 Å². The topological polar surface area (TPSA) is 12.9 Å². The molecule has 0 radical (unpaired) electrons. The lowest BCUT2D eigenvalue weighted by Crippen LogP contribution is -1.97. The predicted molar refractivity (Wildman–Crippen MR) is 63.7 cm³/mol. The minimum atomic E-state index is -0.578. The van der Waals surface area contributed by atoms with E-state index in [1.165, 1.54) is 12.1 Å². The number of rotatable bonds is 2. The Kier molecular flexibility index (Phi) is 3.18. The highest BCUT2D eigenvalue weighted by Crippen LogP contribution is 2.29. The van der Waals surface area contributed by atoms with E-state index in [4.69, 9.17) is 0 Å². The predicted octanol–water partition coefficient (Wildman–Crippen LogP) is 4.15. The monoisotopic (exact) mass is 233 g/mol. The molecule has 1 heterocycles. The largest absolute Gasteiger partial charge is 0.256 e. The molecule has 2 rings (SSSR count). The lowest BCUT2D eigenvalue weighted by atomic mass is 9.97. The third-order valence-electron chi connectivity index (χ3n) is 2.65. The van der Waals surface area contributed by atoms with Crippen LogP contribution in [0.2, 0.25) is 0 Å². The molecule has 1 nitrogen and oxygen atoms in total. The fourth-order valence-electron chi connectivity index (χ4n) is 1.79. The maximum absolute atomic E-state index is 13.7. The lowest BCUT2D eigenvalue weighted by Gasteiger charge is -2.12. The lowest BCUT2D eigenvalue weighted by molar-refractivity contribution is 0.585. The molecule has 0 saturated carbocycles. The number of benzene rings is 1. The number of pyridine rings is 1. The Morgan fingerprint density at radius 1 is 1.12 bits per heavy atom. The molecule has 1 aromatic carbocycles. The Morgan fingerprint density at radius 2 is 1.88 bits per heavy atom. The van der Waals surface area contributed by atoms with Crippen molar-refractivity contribution >= 4 is 0 Å². The van der Waals surface area contributed by atoms with Crippen LogP contribution in [-0.2, 0) is 0 Å². The zero-order valence-corrected chi connectivity index (χ0v) is 9.74. The van der Waals surface area contributed by atoms with Crippen LogP contribution in [-0.4, -0.2) is 4.98 Å². The van der Waals surface area contributed by atoms with E-state index in [0.717, 1.165) is 11.6 Å². The second-order valence-electron chi connectivity index (χ2n) is 4.22. The fraction of sp³-hybridized carbons (Fsp3) is 0.214. The van der Waals surface area contributed by atoms with Crippen molar-refractivity contribution in [3.8, 4) is 11.3 Å². The molecule has 3 heteroatoms. The minimum Gasteiger partial charge on any atom is -0.256 e. The molecule has 0 aliphatic heterocycles. The summed E-state index contributed by atoms with van der Waals surface area (Å²) >= 11 is 0. The summed E-state index contributed by atoms with van der Waals surface area (Å²) in [6, 6.07) is 7.29. The van der Waals surface area contributed by atoms with Crippen molar-refractivity contribution in [3.63, 3.8) is 0 Å². The van der Waals surface area contributed by atoms with Gasteiger partial charge in [-0.3, -0.25) is 4.98 Å². The van der Waals surface area contributed by atoms with Gasteiger partial charge in [0.05, 0.1) is 5.69 Å². The van der Waals surface area contributed by atoms with Gasteiger partial charge >= 0.3 is 0 Å². The van der Waals surface area contributed by atoms with E-state index in [2.05, 4.69) is 4.98 Å². The normalized spacial score (nSPS) is 10.9. The van der Waals surface area contributed by atoms with Gasteiger partial charge in [-0.1, -0.05) is 19.9 Å². The summed E-state index contributed by atoms with van der Waals surface area (Å²) in [6.45, 7) is 4.03. The van der Waals surface area contributed by atoms with E-state index in [-0.39, 0.29) is 5.92 Å². The van der Waals surface area contributed by atoms with Crippen LogP contribution in [0.3, 0.4) is 0 Å². The van der Waals surface area contributed by atoms with Crippen LogP contribution in [0.25, 0.3) is 11.3 Å². The average molecular weight is 233 g/mol. The first-order chi connectivity index (χ1) is 8.09. The van der Waals surface area contributed by atoms with Crippen LogP contribution < -0.4 is 0 Å². The van der Waals surface area contributed by atoms with Gasteiger partial charge in [0, 0.05) is 17.8 Å². The Balaban J connectivity index is 2.60. The Bertz CT molecular complexity index is 535. The van der Waals surface area contributed by atoms with E-state index in [9.17, 15) is 8.78 Å². The summed E-state index contributed by atoms with van der Waals surface area (Å²) < 4.78 is 26.6. The molecule has 0 atom stereocenters. The molecule has 2 aromatic rings. The highest BCUT2D eigenvalue weighted by Gasteiger charge is 2.13. The first-order valence-electron chi connectivity index (χ1n) is 5.50. The highest BCUT2D eigenvalue weighted by molar-refractivity contribution is 5.64. The molecule has 0 spiro atoms. The summed E-state index contributed by atoms with van der Waals surface area (Å²) in [7, 11) is 0. The summed E-state index contributed by atoms with van der Waals surface area (Å²) in [6.07, 6.45) is 1.62. The van der Waals surface area contributed by atoms with E-state index in [0.29, 0.717) is 11.3 Å². The van der Waals surface area contributed by atoms with E-state index in [1.54, 1.807) is 6.20 Å². The summed E-state index contributed by atoms with van der Waals surface area (Å²) in [5.41, 5.74) is 1.88. The Hall–Kier alpha value is -1.77. The van der Waals surface area contributed by atoms with Crippen molar-refractivity contribution in [2.24, 2.45) is 0 Å². The first kappa shape index (κ1) is 11.7. The van der Waals surface area contributed by atoms with Crippen LogP contribution in [0.4, 0.5) is 8.78 Å². The van der Waals surface area contributed by atoms with Gasteiger partial charge in [0.2, 0.25) is 0 Å². The van der Waals surface area contributed by atoms with Crippen molar-refractivity contribution in [2.45, 2.75) is 19.8 Å². The zero-order chi connectivity index (χ0) is 12.4. The number of aromatic nitrogens is 1. The van der Waals surface area contributed by atoms with Crippen LogP contribution in [0.15, 0.2) is 36.5 Å². The number of hydrogen-bond donors (Lipinski definition) is 0. The van der Waals surface area contributed by atoms with E-state index >= 15 is 0 Å². The highest BCUT2D eigenvalue weighted by atomic mass is 19.1. The molecular weight excluding hydrogens is 220 g/mol. The van der Waals surface area contributed by atoms with Crippen molar-refractivity contribution in [1.82, 2.24) is 4.98 Å². The molecule has 0 bridgehead atoms. The fourth-order valence-corrected chi connectivity index (χ4v) is 1.79. The molecular formula is C14H13F2N. The second kappa shape index (κ2) is 4.62. The van der Waals surface area contributed by atoms with Gasteiger partial charge in [0.1, 0.15) is 11.6 Å². The third kappa shape index (κ3) is 2.33. The third-order valence-corrected chi connectivity index (χ3v) is 2.65. The van der Waals surface area contributed by atoms with E-state index < -0.39 is 11.6 Å². The number of hydrogen-bond acceptors (Lipinski definition) is 1. The molecule has 0 N–H and O–H groups in total. The van der Waals surface area contributed by atoms with Crippen molar-refractivity contribution < 1.29 is 8.78 Å². The van der Waals surface area contributed by atoms with Crippen LogP contribution in [0.5, 0.6) is 0 Å². The van der Waals surface area contributed by atoms with Crippen LogP contribution in [0, 0.1) is 11.6 Å². The quantitative estimate of drug-likeness (QED) is 0.759. The Morgan fingerprint density at radius 3 is 2.53 bits per heavy atom. The smallest absolute Gasteiger partial charge is 0.135 e. The van der Waals surface area contributed by atoms with Gasteiger partial charge in [-0.25, -0.2) is 8.78 Å². The van der Waals surface area contributed by atoms with Gasteiger partial charge < -0.3 is 0 Å². The number of halogens is 2. The average Bonchev–Trinajstić information content (AvgIpc) is 2.29. The van der Waals surface area contributed by atoms with Crippen LogP contribution in [0.1, 0.15) is 25.3 Å². The molecule has 88 valence electrons. The Labute approximate surface area is 99.1 Å². The van der Waals surface area contributed by atoms with Crippen LogP contribution >= 0.6 is 0 Å². The molecule has 1 aromatic heterocycles. The molecule has 0 fully saturated rings. The first-order valence-corrected chi connectivity index (χ1v) is 5.50. The zero-order valence-electron chi connectivity index (χ0n) is 9.74. The minimum absolute atomic E-state index is 0.239. The summed E-state index contributed by atoms with van der Waals surface area (Å²) in [5.74, 6) is -0.915. The van der Waals surface area contributed by atoms with Gasteiger partial charge in [-0.2, -0.15) is 0 Å². The summed E-state index contributed by atoms with van der Waals surface area (Å²) in [5, 5.41) is 0. The molecule has 0 saturated heterocycles. The molecule has 0 amide bonds. The molecule has 17 heavy (non-hydrogen) atoms. The maximum atomic E-state index is 13.7. The molecule has 0 aliphatic rings. The van der Waals surface area contributed by atoms with Crippen molar-refractivity contribution in [3.05, 3.63) is 53.7 Å². The van der Waals surface area contributed by atoms with Gasteiger partial charge in [-0.15, -0.1) is 0 Å². The van der Waals surface area contributed by atoms with Gasteiger partial charge in [-0.05, 0) is 29.7 Å². The second-order valence-corrected chi connectivity index (χ2v) is 4.22. The molecule has 0 unspecified atom stereocenters. The van der Waals surface area contributed by atoms with Crippen molar-refractivity contribution in [2.75, 3.05) is 0 Å². The van der Waals surface area contributed by atoms with Gasteiger partial charge in [0.25, 0.3) is 0 Å². The molecule has 0 aliphatic carbocycles. The van der Waals surface area contributed by atoms with E-state index in [1.807, 2.05) is 26.0 Å². The maximum Gasteiger partial charge on any atom is 0.135 e. The summed E-state index contributed by atoms with van der Waals surface area (Å²) in [4.78, 5) is 4.20.